The van der Waals surface area contributed by atoms with Crippen LogP contribution < -0.4 is 4.72 Å². The molecule has 0 radical (unpaired) electrons. The summed E-state index contributed by atoms with van der Waals surface area (Å²) in [5, 5.41) is 0. The van der Waals surface area contributed by atoms with Crippen LogP contribution in [0, 0.1) is 0 Å². The van der Waals surface area contributed by atoms with Gasteiger partial charge in [-0.15, -0.1) is 0 Å². The van der Waals surface area contributed by atoms with Crippen molar-refractivity contribution in [2.24, 2.45) is 0 Å². The molecule has 0 bridgehead atoms. The number of amides is 1. The van der Waals surface area contributed by atoms with Gasteiger partial charge >= 0.3 is 0 Å². The van der Waals surface area contributed by atoms with Crippen LogP contribution in [0.25, 0.3) is 0 Å². The summed E-state index contributed by atoms with van der Waals surface area (Å²) in [5.74, 6) is 0.377. The van der Waals surface area contributed by atoms with E-state index in [0.29, 0.717) is 5.92 Å². The first kappa shape index (κ1) is 14.0. The first-order valence-corrected chi connectivity index (χ1v) is 7.62. The topological polar surface area (TPSA) is 66.5 Å². The fourth-order valence-electron chi connectivity index (χ4n) is 2.21. The summed E-state index contributed by atoms with van der Waals surface area (Å²) >= 11 is 0. The Balaban J connectivity index is 2.12. The molecule has 2 rings (SSSR count). The third-order valence-electron chi connectivity index (χ3n) is 3.64. The van der Waals surface area contributed by atoms with E-state index in [2.05, 4.69) is 4.72 Å². The highest BCUT2D eigenvalue weighted by molar-refractivity contribution is 7.89. The molecule has 0 heterocycles. The van der Waals surface area contributed by atoms with Crippen LogP contribution in [-0.2, 0) is 14.8 Å². The Labute approximate surface area is 113 Å². The molecule has 5 nitrogen and oxygen atoms in total. The minimum atomic E-state index is -3.38. The summed E-state index contributed by atoms with van der Waals surface area (Å²) in [6, 6.07) is 7.09. The Bertz CT molecular complexity index is 580. The van der Waals surface area contributed by atoms with Gasteiger partial charge in [-0.25, -0.2) is 13.1 Å². The van der Waals surface area contributed by atoms with Crippen molar-refractivity contribution in [3.8, 4) is 0 Å². The minimum absolute atomic E-state index is 0.0573. The zero-order valence-electron chi connectivity index (χ0n) is 11.3. The summed E-state index contributed by atoms with van der Waals surface area (Å²) < 4.78 is 25.5. The van der Waals surface area contributed by atoms with Crippen LogP contribution in [-0.4, -0.2) is 39.4 Å². The first-order chi connectivity index (χ1) is 8.86. The van der Waals surface area contributed by atoms with Crippen LogP contribution in [0.3, 0.4) is 0 Å². The quantitative estimate of drug-likeness (QED) is 0.893. The molecular formula is C13H18N2O3S. The van der Waals surface area contributed by atoms with Crippen LogP contribution in [0.2, 0.25) is 0 Å². The van der Waals surface area contributed by atoms with Gasteiger partial charge in [0.1, 0.15) is 0 Å². The maximum absolute atomic E-state index is 11.6. The van der Waals surface area contributed by atoms with Gasteiger partial charge in [0.15, 0.2) is 0 Å². The second kappa shape index (κ2) is 4.94. The fourth-order valence-corrected chi connectivity index (χ4v) is 2.94. The lowest BCUT2D eigenvalue weighted by Gasteiger charge is -2.14. The van der Waals surface area contributed by atoms with Crippen LogP contribution in [0.5, 0.6) is 0 Å². The van der Waals surface area contributed by atoms with Crippen molar-refractivity contribution >= 4 is 15.9 Å². The van der Waals surface area contributed by atoms with Crippen molar-refractivity contribution in [2.75, 3.05) is 14.1 Å². The number of hydrogen-bond acceptors (Lipinski definition) is 3. The largest absolute Gasteiger partial charge is 0.342 e. The fraction of sp³-hybridized carbons (Fsp3) is 0.462. The van der Waals surface area contributed by atoms with E-state index in [9.17, 15) is 13.2 Å². The molecule has 1 fully saturated rings. The van der Waals surface area contributed by atoms with E-state index in [1.165, 1.54) is 7.05 Å². The Morgan fingerprint density at radius 2 is 1.89 bits per heavy atom. The van der Waals surface area contributed by atoms with Crippen molar-refractivity contribution in [1.29, 1.82) is 0 Å². The number of nitrogens with one attached hydrogen (secondary N) is 1. The number of benzene rings is 1. The number of carbonyl (C=O) groups excluding carboxylic acids is 1. The molecule has 0 aliphatic heterocycles. The van der Waals surface area contributed by atoms with Crippen molar-refractivity contribution < 1.29 is 13.2 Å². The van der Waals surface area contributed by atoms with E-state index >= 15 is 0 Å². The molecule has 2 atom stereocenters. The van der Waals surface area contributed by atoms with Crippen LogP contribution in [0.15, 0.2) is 29.2 Å². The Morgan fingerprint density at radius 3 is 2.37 bits per heavy atom. The van der Waals surface area contributed by atoms with Gasteiger partial charge in [-0.1, -0.05) is 12.1 Å². The van der Waals surface area contributed by atoms with Gasteiger partial charge in [-0.3, -0.25) is 4.79 Å². The van der Waals surface area contributed by atoms with Gasteiger partial charge in [0.2, 0.25) is 15.9 Å². The van der Waals surface area contributed by atoms with E-state index in [0.717, 1.165) is 12.0 Å². The third-order valence-corrected chi connectivity index (χ3v) is 5.07. The Hall–Kier alpha value is -1.40. The molecule has 1 amide bonds. The normalized spacial score (nSPS) is 22.1. The standard InChI is InChI=1S/C13H18N2O3S/c1-9(16)15(3)13-8-12(13)10-4-6-11(7-5-10)19(17,18)14-2/h4-7,12-14H,8H2,1-3H3/t12-,13+/m1/s1. The van der Waals surface area contributed by atoms with Crippen LogP contribution >= 0.6 is 0 Å². The molecule has 1 aromatic rings. The van der Waals surface area contributed by atoms with Gasteiger partial charge < -0.3 is 4.90 Å². The number of carbonyl (C=O) groups is 1. The van der Waals surface area contributed by atoms with E-state index in [1.54, 1.807) is 31.0 Å². The molecule has 0 unspecified atom stereocenters. The summed E-state index contributed by atoms with van der Waals surface area (Å²) in [6.07, 6.45) is 0.939. The van der Waals surface area contributed by atoms with Crippen LogP contribution in [0.1, 0.15) is 24.8 Å². The van der Waals surface area contributed by atoms with Crippen molar-refractivity contribution in [2.45, 2.75) is 30.2 Å². The molecule has 1 aliphatic carbocycles. The van der Waals surface area contributed by atoms with Crippen molar-refractivity contribution in [3.05, 3.63) is 29.8 Å². The maximum atomic E-state index is 11.6. The zero-order chi connectivity index (χ0) is 14.2. The molecule has 0 spiro atoms. The molecule has 104 valence electrons. The average molecular weight is 282 g/mol. The first-order valence-electron chi connectivity index (χ1n) is 6.13. The zero-order valence-corrected chi connectivity index (χ0v) is 12.1. The Kier molecular flexibility index (Phi) is 3.64. The summed E-state index contributed by atoms with van der Waals surface area (Å²) in [6.45, 7) is 1.55. The highest BCUT2D eigenvalue weighted by atomic mass is 32.2. The monoisotopic (exact) mass is 282 g/mol. The second-order valence-electron chi connectivity index (χ2n) is 4.82. The van der Waals surface area contributed by atoms with Gasteiger partial charge in [0, 0.05) is 25.9 Å². The lowest BCUT2D eigenvalue weighted by atomic mass is 10.1. The number of hydrogen-bond donors (Lipinski definition) is 1. The molecule has 1 N–H and O–H groups in total. The molecule has 1 aliphatic rings. The SMILES string of the molecule is CNS(=O)(=O)c1ccc([C@H]2C[C@@H]2N(C)C(C)=O)cc1. The lowest BCUT2D eigenvalue weighted by molar-refractivity contribution is -0.128. The predicted octanol–water partition coefficient (Wildman–Crippen LogP) is 0.929. The highest BCUT2D eigenvalue weighted by Gasteiger charge is 2.42. The van der Waals surface area contributed by atoms with Crippen LogP contribution in [0.4, 0.5) is 0 Å². The average Bonchev–Trinajstić information content (AvgIpc) is 3.18. The smallest absolute Gasteiger partial charge is 0.240 e. The summed E-state index contributed by atoms with van der Waals surface area (Å²) in [4.78, 5) is 13.3. The van der Waals surface area contributed by atoms with Gasteiger partial charge in [-0.05, 0) is 31.2 Å². The molecule has 0 saturated heterocycles. The second-order valence-corrected chi connectivity index (χ2v) is 6.70. The van der Waals surface area contributed by atoms with E-state index in [1.807, 2.05) is 12.1 Å². The van der Waals surface area contributed by atoms with Gasteiger partial charge in [-0.2, -0.15) is 0 Å². The molecule has 19 heavy (non-hydrogen) atoms. The number of rotatable bonds is 4. The van der Waals surface area contributed by atoms with Gasteiger partial charge in [0.05, 0.1) is 4.90 Å². The number of likely N-dealkylation sites (N-methyl/N-ethyl adjacent to an activating group) is 1. The maximum Gasteiger partial charge on any atom is 0.240 e. The molecule has 0 aromatic heterocycles. The number of nitrogens with zero attached hydrogens (tertiary/aromatic N) is 1. The third kappa shape index (κ3) is 2.79. The van der Waals surface area contributed by atoms with Crippen molar-refractivity contribution in [3.63, 3.8) is 0 Å². The summed E-state index contributed by atoms with van der Waals surface area (Å²) in [7, 11) is -0.189. The molecule has 1 saturated carbocycles. The lowest BCUT2D eigenvalue weighted by Crippen LogP contribution is -2.27. The van der Waals surface area contributed by atoms with Crippen molar-refractivity contribution in [1.82, 2.24) is 9.62 Å². The molecule has 6 heteroatoms. The predicted molar refractivity (Wildman–Crippen MR) is 72.3 cm³/mol. The minimum Gasteiger partial charge on any atom is -0.342 e. The van der Waals surface area contributed by atoms with E-state index < -0.39 is 10.0 Å². The summed E-state index contributed by atoms with van der Waals surface area (Å²) in [5.41, 5.74) is 1.08. The van der Waals surface area contributed by atoms with Gasteiger partial charge in [0.25, 0.3) is 0 Å². The Morgan fingerprint density at radius 1 is 1.32 bits per heavy atom. The van der Waals surface area contributed by atoms with E-state index in [-0.39, 0.29) is 16.8 Å². The van der Waals surface area contributed by atoms with E-state index in [4.69, 9.17) is 0 Å². The number of sulfonamides is 1. The highest BCUT2D eigenvalue weighted by Crippen LogP contribution is 2.44. The molecule has 1 aromatic carbocycles. The molecular weight excluding hydrogens is 264 g/mol.